The molecule has 0 saturated carbocycles. The van der Waals surface area contributed by atoms with E-state index in [2.05, 4.69) is 0 Å². The number of Topliss-reactive ketones (excluding diaryl/α,β-unsaturated/α-hetero) is 3. The molecule has 1 aliphatic carbocycles. The van der Waals surface area contributed by atoms with E-state index in [-0.39, 0.29) is 22.9 Å². The Morgan fingerprint density at radius 3 is 2.20 bits per heavy atom. The number of aryl methyl sites for hydroxylation is 1. The Kier molecular flexibility index (Phi) is 5.45. The van der Waals surface area contributed by atoms with Gasteiger partial charge in [-0.25, -0.2) is 4.39 Å². The van der Waals surface area contributed by atoms with E-state index in [9.17, 15) is 14.4 Å². The van der Waals surface area contributed by atoms with Gasteiger partial charge >= 0.3 is 0 Å². The van der Waals surface area contributed by atoms with Gasteiger partial charge in [-0.1, -0.05) is 77.8 Å². The van der Waals surface area contributed by atoms with Crippen molar-refractivity contribution in [3.63, 3.8) is 0 Å². The highest BCUT2D eigenvalue weighted by atomic mass is 35.5. The second kappa shape index (κ2) is 8.83. The van der Waals surface area contributed by atoms with Crippen molar-refractivity contribution in [2.24, 2.45) is 5.41 Å². The lowest BCUT2D eigenvalue weighted by Gasteiger charge is -2.37. The third-order valence-corrected chi connectivity index (χ3v) is 8.85. The minimum atomic E-state index is -1.74. The molecular weight excluding hydrogens is 525 g/mol. The molecule has 1 fully saturated rings. The molecule has 3 aliphatic rings. The zero-order valence-corrected chi connectivity index (χ0v) is 22.2. The van der Waals surface area contributed by atoms with Gasteiger partial charge in [-0.2, -0.15) is 0 Å². The van der Waals surface area contributed by atoms with Gasteiger partial charge in [0.15, 0.2) is 17.3 Å². The highest BCUT2D eigenvalue weighted by Gasteiger charge is 2.71. The topological polar surface area (TPSA) is 54.5 Å². The van der Waals surface area contributed by atoms with Gasteiger partial charge in [-0.05, 0) is 60.5 Å². The number of hydrogen-bond donors (Lipinski definition) is 0. The maximum absolute atomic E-state index is 15.8. The summed E-state index contributed by atoms with van der Waals surface area (Å²) in [6, 6.07) is 23.4. The molecule has 1 spiro atoms. The number of hydrogen-bond acceptors (Lipinski definition) is 4. The zero-order chi connectivity index (χ0) is 27.8. The van der Waals surface area contributed by atoms with Crippen molar-refractivity contribution in [2.45, 2.75) is 24.9 Å². The van der Waals surface area contributed by atoms with Gasteiger partial charge in [0, 0.05) is 33.3 Å². The fraction of sp³-hybridized carbons (Fsp3) is 0.147. The van der Waals surface area contributed by atoms with Crippen molar-refractivity contribution in [1.29, 1.82) is 0 Å². The van der Waals surface area contributed by atoms with E-state index in [4.69, 9.17) is 11.6 Å². The molecule has 0 amide bonds. The molecule has 4 nitrogen and oxygen atoms in total. The third-order valence-electron chi connectivity index (χ3n) is 8.60. The second-order valence-electron chi connectivity index (χ2n) is 10.7. The van der Waals surface area contributed by atoms with Crippen LogP contribution in [-0.2, 0) is 0 Å². The number of fused-ring (bicyclic) bond motifs is 5. The molecule has 4 aromatic rings. The lowest BCUT2D eigenvalue weighted by molar-refractivity contribution is 0.0664. The fourth-order valence-electron chi connectivity index (χ4n) is 6.95. The molecule has 6 heteroatoms. The lowest BCUT2D eigenvalue weighted by Crippen LogP contribution is -2.48. The molecule has 196 valence electrons. The van der Waals surface area contributed by atoms with Crippen molar-refractivity contribution in [1.82, 2.24) is 0 Å². The van der Waals surface area contributed by atoms with E-state index < -0.39 is 29.2 Å². The predicted octanol–water partition coefficient (Wildman–Crippen LogP) is 7.10. The van der Waals surface area contributed by atoms with Gasteiger partial charge in [0.25, 0.3) is 0 Å². The molecule has 1 saturated heterocycles. The molecule has 0 radical (unpaired) electrons. The monoisotopic (exact) mass is 547 g/mol. The van der Waals surface area contributed by atoms with E-state index >= 15 is 4.39 Å². The molecule has 3 atom stereocenters. The summed E-state index contributed by atoms with van der Waals surface area (Å²) in [5.41, 5.74) is 2.02. The Labute approximate surface area is 235 Å². The van der Waals surface area contributed by atoms with Crippen molar-refractivity contribution >= 4 is 40.7 Å². The van der Waals surface area contributed by atoms with Crippen molar-refractivity contribution in [3.8, 4) is 0 Å². The Bertz CT molecular complexity index is 1740. The molecule has 2 aliphatic heterocycles. The van der Waals surface area contributed by atoms with E-state index in [1.165, 1.54) is 6.07 Å². The van der Waals surface area contributed by atoms with Gasteiger partial charge in [-0.3, -0.25) is 14.4 Å². The van der Waals surface area contributed by atoms with Crippen LogP contribution in [0.3, 0.4) is 0 Å². The zero-order valence-electron chi connectivity index (χ0n) is 21.5. The second-order valence-corrected chi connectivity index (χ2v) is 11.1. The van der Waals surface area contributed by atoms with Crippen LogP contribution in [0.4, 0.5) is 10.1 Å². The first-order valence-electron chi connectivity index (χ1n) is 13.1. The molecule has 0 aromatic heterocycles. The molecule has 40 heavy (non-hydrogen) atoms. The number of rotatable bonds is 3. The summed E-state index contributed by atoms with van der Waals surface area (Å²) in [7, 11) is 0. The largest absolute Gasteiger partial charge is 0.352 e. The SMILES string of the molecule is Cc1ccc2c(c1)C=C[C@H]1N2[C@@H](C(=O)c2ccc(Cl)cc2)[C@H](c2ccccc2F)C12C(=O)c1ccccc1C2=O. The maximum Gasteiger partial charge on any atom is 0.185 e. The fourth-order valence-corrected chi connectivity index (χ4v) is 7.08. The first-order chi connectivity index (χ1) is 19.3. The third kappa shape index (κ3) is 3.21. The highest BCUT2D eigenvalue weighted by Crippen LogP contribution is 2.61. The minimum absolute atomic E-state index is 0.167. The lowest BCUT2D eigenvalue weighted by atomic mass is 9.64. The van der Waals surface area contributed by atoms with E-state index in [0.717, 1.165) is 16.8 Å². The predicted molar refractivity (Wildman–Crippen MR) is 153 cm³/mol. The smallest absolute Gasteiger partial charge is 0.185 e. The molecule has 0 unspecified atom stereocenters. The van der Waals surface area contributed by atoms with Crippen molar-refractivity contribution in [3.05, 3.63) is 141 Å². The molecule has 0 bridgehead atoms. The van der Waals surface area contributed by atoms with Crippen LogP contribution in [0, 0.1) is 18.2 Å². The van der Waals surface area contributed by atoms with Gasteiger partial charge in [0.05, 0.1) is 6.04 Å². The molecule has 2 heterocycles. The average Bonchev–Trinajstić information content (AvgIpc) is 3.39. The van der Waals surface area contributed by atoms with Crippen LogP contribution < -0.4 is 4.90 Å². The van der Waals surface area contributed by atoms with E-state index in [1.807, 2.05) is 42.2 Å². The summed E-state index contributed by atoms with van der Waals surface area (Å²) in [6.07, 6.45) is 3.74. The first kappa shape index (κ1) is 24.7. The Hall–Kier alpha value is -4.35. The number of halogens is 2. The van der Waals surface area contributed by atoms with Crippen LogP contribution >= 0.6 is 11.6 Å². The van der Waals surface area contributed by atoms with Gasteiger partial charge in [0.2, 0.25) is 0 Å². The number of nitrogens with zero attached hydrogens (tertiary/aromatic N) is 1. The number of benzene rings is 4. The van der Waals surface area contributed by atoms with Gasteiger partial charge in [0.1, 0.15) is 17.3 Å². The summed E-state index contributed by atoms with van der Waals surface area (Å²) in [5.74, 6) is -2.74. The summed E-state index contributed by atoms with van der Waals surface area (Å²) < 4.78 is 15.8. The van der Waals surface area contributed by atoms with Crippen LogP contribution in [-0.4, -0.2) is 29.4 Å². The van der Waals surface area contributed by atoms with Crippen LogP contribution in [0.2, 0.25) is 5.02 Å². The summed E-state index contributed by atoms with van der Waals surface area (Å²) in [5, 5.41) is 0.473. The van der Waals surface area contributed by atoms with E-state index in [1.54, 1.807) is 66.7 Å². The Morgan fingerprint density at radius 2 is 1.52 bits per heavy atom. The Morgan fingerprint density at radius 1 is 0.875 bits per heavy atom. The van der Waals surface area contributed by atoms with Crippen LogP contribution in [0.5, 0.6) is 0 Å². The number of carbonyl (C=O) groups is 3. The quantitative estimate of drug-likeness (QED) is 0.203. The highest BCUT2D eigenvalue weighted by molar-refractivity contribution is 6.32. The van der Waals surface area contributed by atoms with Crippen LogP contribution in [0.15, 0.2) is 97.1 Å². The number of anilines is 1. The standard InChI is InChI=1S/C34H23ClFNO3/c1-19-10-16-27-21(18-19)13-17-28-34(32(39)23-6-2-3-7-24(23)33(34)40)29(25-8-4-5-9-26(25)36)30(37(27)28)31(38)20-11-14-22(35)15-12-20/h2-18,28-30H,1H3/t28-,29+,30-/m1/s1. The number of ketones is 3. The first-order valence-corrected chi connectivity index (χ1v) is 13.5. The summed E-state index contributed by atoms with van der Waals surface area (Å²) in [6.45, 7) is 1.98. The normalized spacial score (nSPS) is 21.9. The average molecular weight is 548 g/mol. The summed E-state index contributed by atoms with van der Waals surface area (Å²) >= 11 is 6.13. The molecular formula is C34H23ClFNO3. The minimum Gasteiger partial charge on any atom is -0.352 e. The van der Waals surface area contributed by atoms with Crippen molar-refractivity contribution in [2.75, 3.05) is 4.90 Å². The van der Waals surface area contributed by atoms with Gasteiger partial charge in [-0.15, -0.1) is 0 Å². The molecule has 7 rings (SSSR count). The summed E-state index contributed by atoms with van der Waals surface area (Å²) in [4.78, 5) is 45.6. The number of carbonyl (C=O) groups excluding carboxylic acids is 3. The van der Waals surface area contributed by atoms with Crippen LogP contribution in [0.1, 0.15) is 53.7 Å². The molecule has 4 aromatic carbocycles. The van der Waals surface area contributed by atoms with E-state index in [0.29, 0.717) is 21.7 Å². The maximum atomic E-state index is 15.8. The van der Waals surface area contributed by atoms with Gasteiger partial charge < -0.3 is 4.90 Å². The van der Waals surface area contributed by atoms with Crippen LogP contribution in [0.25, 0.3) is 6.08 Å². The van der Waals surface area contributed by atoms with Crippen molar-refractivity contribution < 1.29 is 18.8 Å². The Balaban J connectivity index is 1.56. The molecule has 0 N–H and O–H groups in total.